The number of carbonyl (C=O) groups is 2. The highest BCUT2D eigenvalue weighted by Gasteiger charge is 2.31. The number of aliphatic hydroxyl groups excluding tert-OH is 1. The van der Waals surface area contributed by atoms with Gasteiger partial charge in [-0.05, 0) is 80.1 Å². The maximum absolute atomic E-state index is 13.5. The van der Waals surface area contributed by atoms with Gasteiger partial charge in [0, 0.05) is 31.2 Å². The van der Waals surface area contributed by atoms with E-state index in [9.17, 15) is 23.1 Å². The quantitative estimate of drug-likeness (QED) is 0.137. The van der Waals surface area contributed by atoms with Crippen LogP contribution in [-0.4, -0.2) is 67.2 Å². The topological polar surface area (TPSA) is 151 Å². The zero-order valence-corrected chi connectivity index (χ0v) is 27.8. The van der Waals surface area contributed by atoms with Crippen molar-refractivity contribution in [2.24, 2.45) is 5.92 Å². The normalized spacial score (nSPS) is 13.5. The number of carbonyl (C=O) groups excluding carboxylic acids is 2. The molecule has 0 unspecified atom stereocenters. The number of rotatable bonds is 15. The van der Waals surface area contributed by atoms with Gasteiger partial charge >= 0.3 is 6.09 Å². The number of nitrogens with one attached hydrogen (secondary N) is 2. The third-order valence-electron chi connectivity index (χ3n) is 7.17. The Bertz CT molecular complexity index is 1520. The molecular weight excluding hydrogens is 592 g/mol. The predicted octanol–water partition coefficient (Wildman–Crippen LogP) is 4.85. The van der Waals surface area contributed by atoms with Crippen LogP contribution < -0.4 is 16.4 Å². The summed E-state index contributed by atoms with van der Waals surface area (Å²) in [5, 5.41) is 17.9. The molecule has 0 saturated heterocycles. The van der Waals surface area contributed by atoms with E-state index in [1.807, 2.05) is 56.3 Å². The summed E-state index contributed by atoms with van der Waals surface area (Å²) >= 11 is 0. The van der Waals surface area contributed by atoms with Gasteiger partial charge in [0.1, 0.15) is 11.6 Å². The summed E-state index contributed by atoms with van der Waals surface area (Å²) in [6.45, 7) is 9.36. The van der Waals surface area contributed by atoms with E-state index in [2.05, 4.69) is 10.6 Å². The average Bonchev–Trinajstić information content (AvgIpc) is 2.96. The van der Waals surface area contributed by atoms with Crippen molar-refractivity contribution in [1.29, 1.82) is 0 Å². The Morgan fingerprint density at radius 1 is 0.978 bits per heavy atom. The molecular formula is C34H48N4O6S. The third-order valence-corrected chi connectivity index (χ3v) is 9.11. The van der Waals surface area contributed by atoms with Crippen LogP contribution in [-0.2, 0) is 26.0 Å². The third kappa shape index (κ3) is 11.0. The van der Waals surface area contributed by atoms with Gasteiger partial charge in [0.25, 0.3) is 0 Å². The maximum atomic E-state index is 13.5. The highest BCUT2D eigenvalue weighted by molar-refractivity contribution is 7.89. The number of aliphatic hydroxyl groups is 1. The Hall–Kier alpha value is -3.67. The zero-order valence-electron chi connectivity index (χ0n) is 27.0. The second-order valence-corrected chi connectivity index (χ2v) is 14.6. The zero-order chi connectivity index (χ0) is 33.2. The van der Waals surface area contributed by atoms with Gasteiger partial charge in [-0.15, -0.1) is 0 Å². The van der Waals surface area contributed by atoms with Gasteiger partial charge in [-0.1, -0.05) is 62.7 Å². The predicted molar refractivity (Wildman–Crippen MR) is 178 cm³/mol. The van der Waals surface area contributed by atoms with Crippen LogP contribution in [0.2, 0.25) is 0 Å². The molecule has 45 heavy (non-hydrogen) atoms. The van der Waals surface area contributed by atoms with Crippen molar-refractivity contribution in [2.45, 2.75) is 82.9 Å². The molecule has 2 atom stereocenters. The molecule has 11 heteroatoms. The van der Waals surface area contributed by atoms with Crippen LogP contribution in [0.1, 0.15) is 59.4 Å². The molecule has 0 fully saturated rings. The number of amides is 2. The number of hydrogen-bond donors (Lipinski definition) is 4. The van der Waals surface area contributed by atoms with Gasteiger partial charge in [-0.25, -0.2) is 13.2 Å². The number of alkyl carbamates (subject to hydrolysis) is 1. The summed E-state index contributed by atoms with van der Waals surface area (Å²) in [6, 6.07) is 18.4. The standard InChI is InChI=1S/C34H48N4O6S/c1-24(2)22-38(45(42,43)30-17-15-28(35)16-18-30)29(23-39)12-8-9-19-36-32(40)31(37-33(41)44-34(3,4)5)21-25-13-14-26-10-6-7-11-27(26)20-25/h6-7,10-11,13-18,20,24,29,31,39H,8-9,12,19,21-23,35H2,1-5H3,(H,36,40)(H,37,41)/t29-,31-/m0/s1. The first-order valence-electron chi connectivity index (χ1n) is 15.4. The number of ether oxygens (including phenoxy) is 1. The number of unbranched alkanes of at least 4 members (excludes halogenated alkanes) is 1. The van der Waals surface area contributed by atoms with E-state index in [0.717, 1.165) is 16.3 Å². The van der Waals surface area contributed by atoms with Gasteiger partial charge in [-0.3, -0.25) is 4.79 Å². The van der Waals surface area contributed by atoms with E-state index in [1.165, 1.54) is 16.4 Å². The Balaban J connectivity index is 1.63. The molecule has 3 aromatic carbocycles. The molecule has 3 aromatic rings. The number of benzene rings is 3. The number of nitrogen functional groups attached to an aromatic ring is 1. The summed E-state index contributed by atoms with van der Waals surface area (Å²) in [7, 11) is -3.86. The smallest absolute Gasteiger partial charge is 0.408 e. The number of nitrogens with zero attached hydrogens (tertiary/aromatic N) is 1. The lowest BCUT2D eigenvalue weighted by molar-refractivity contribution is -0.123. The second-order valence-electron chi connectivity index (χ2n) is 12.7. The fourth-order valence-electron chi connectivity index (χ4n) is 5.01. The summed E-state index contributed by atoms with van der Waals surface area (Å²) in [5.41, 5.74) is 6.38. The highest BCUT2D eigenvalue weighted by Crippen LogP contribution is 2.23. The number of anilines is 1. The first kappa shape index (κ1) is 35.8. The Kier molecular flexibility index (Phi) is 12.8. The van der Waals surface area contributed by atoms with E-state index in [0.29, 0.717) is 31.5 Å². The molecule has 3 rings (SSSR count). The number of sulfonamides is 1. The Morgan fingerprint density at radius 3 is 2.27 bits per heavy atom. The molecule has 5 N–H and O–H groups in total. The van der Waals surface area contributed by atoms with Crippen molar-refractivity contribution in [2.75, 3.05) is 25.4 Å². The molecule has 0 radical (unpaired) electrons. The first-order valence-corrected chi connectivity index (χ1v) is 16.9. The van der Waals surface area contributed by atoms with Crippen LogP contribution in [0.5, 0.6) is 0 Å². The van der Waals surface area contributed by atoms with E-state index in [4.69, 9.17) is 10.5 Å². The van der Waals surface area contributed by atoms with Gasteiger partial charge in [-0.2, -0.15) is 4.31 Å². The van der Waals surface area contributed by atoms with Crippen molar-refractivity contribution >= 4 is 38.5 Å². The van der Waals surface area contributed by atoms with E-state index < -0.39 is 33.8 Å². The van der Waals surface area contributed by atoms with Crippen LogP contribution >= 0.6 is 0 Å². The van der Waals surface area contributed by atoms with Crippen molar-refractivity contribution < 1.29 is 27.9 Å². The largest absolute Gasteiger partial charge is 0.444 e. The summed E-state index contributed by atoms with van der Waals surface area (Å²) in [4.78, 5) is 26.0. The van der Waals surface area contributed by atoms with Gasteiger partial charge in [0.2, 0.25) is 15.9 Å². The average molecular weight is 641 g/mol. The number of fused-ring (bicyclic) bond motifs is 1. The van der Waals surface area contributed by atoms with E-state index in [1.54, 1.807) is 32.9 Å². The molecule has 246 valence electrons. The molecule has 0 heterocycles. The molecule has 0 aromatic heterocycles. The SMILES string of the molecule is CC(C)CN([C@H](CO)CCCCNC(=O)[C@H](Cc1ccc2ccccc2c1)NC(=O)OC(C)(C)C)S(=O)(=O)c1ccc(N)cc1. The summed E-state index contributed by atoms with van der Waals surface area (Å²) < 4.78 is 33.8. The highest BCUT2D eigenvalue weighted by atomic mass is 32.2. The monoisotopic (exact) mass is 640 g/mol. The van der Waals surface area contributed by atoms with E-state index >= 15 is 0 Å². The summed E-state index contributed by atoms with van der Waals surface area (Å²) in [6.07, 6.45) is 1.11. The van der Waals surface area contributed by atoms with Crippen molar-refractivity contribution in [3.63, 3.8) is 0 Å². The Labute approximate surface area is 267 Å². The van der Waals surface area contributed by atoms with Crippen LogP contribution in [0.3, 0.4) is 0 Å². The van der Waals surface area contributed by atoms with Gasteiger partial charge < -0.3 is 26.2 Å². The molecule has 0 spiro atoms. The molecule has 0 aliphatic heterocycles. The van der Waals surface area contributed by atoms with Crippen LogP contribution in [0.25, 0.3) is 10.8 Å². The van der Waals surface area contributed by atoms with Crippen molar-refractivity contribution in [1.82, 2.24) is 14.9 Å². The van der Waals surface area contributed by atoms with Crippen LogP contribution in [0.15, 0.2) is 71.6 Å². The molecule has 0 aliphatic rings. The minimum Gasteiger partial charge on any atom is -0.444 e. The van der Waals surface area contributed by atoms with E-state index in [-0.39, 0.29) is 36.3 Å². The maximum Gasteiger partial charge on any atom is 0.408 e. The van der Waals surface area contributed by atoms with Gasteiger partial charge in [0.15, 0.2) is 0 Å². The lowest BCUT2D eigenvalue weighted by atomic mass is 10.0. The van der Waals surface area contributed by atoms with Crippen molar-refractivity contribution in [3.8, 4) is 0 Å². The summed E-state index contributed by atoms with van der Waals surface area (Å²) in [5.74, 6) is -0.306. The fourth-order valence-corrected chi connectivity index (χ4v) is 6.81. The lowest BCUT2D eigenvalue weighted by Crippen LogP contribution is -2.49. The van der Waals surface area contributed by atoms with Crippen molar-refractivity contribution in [3.05, 3.63) is 72.3 Å². The molecule has 2 amide bonds. The molecule has 0 aliphatic carbocycles. The molecule has 10 nitrogen and oxygen atoms in total. The molecule has 0 saturated carbocycles. The molecule has 0 bridgehead atoms. The van der Waals surface area contributed by atoms with Crippen LogP contribution in [0, 0.1) is 5.92 Å². The van der Waals surface area contributed by atoms with Gasteiger partial charge in [0.05, 0.1) is 11.5 Å². The minimum atomic E-state index is -3.86. The fraction of sp³-hybridized carbons (Fsp3) is 0.471. The lowest BCUT2D eigenvalue weighted by Gasteiger charge is -2.31. The Morgan fingerprint density at radius 2 is 1.64 bits per heavy atom. The van der Waals surface area contributed by atoms with Crippen LogP contribution in [0.4, 0.5) is 10.5 Å². The number of nitrogens with two attached hydrogens (primary N) is 1. The minimum absolute atomic E-state index is 0.0407. The second kappa shape index (κ2) is 16.1. The first-order chi connectivity index (χ1) is 21.2. The number of hydrogen-bond acceptors (Lipinski definition) is 7.